The maximum absolute atomic E-state index is 12.6. The van der Waals surface area contributed by atoms with Gasteiger partial charge in [0.1, 0.15) is 5.69 Å². The zero-order chi connectivity index (χ0) is 20.9. The van der Waals surface area contributed by atoms with Gasteiger partial charge in [-0.2, -0.15) is 0 Å². The molecule has 4 aromatic rings. The predicted octanol–water partition coefficient (Wildman–Crippen LogP) is 2.43. The van der Waals surface area contributed by atoms with Gasteiger partial charge in [-0.1, -0.05) is 54.6 Å². The van der Waals surface area contributed by atoms with Crippen LogP contribution in [0.4, 0.5) is 0 Å². The third-order valence-corrected chi connectivity index (χ3v) is 4.96. The summed E-state index contributed by atoms with van der Waals surface area (Å²) in [6.45, 7) is 0.777. The molecule has 0 spiro atoms. The summed E-state index contributed by atoms with van der Waals surface area (Å²) in [6, 6.07) is 22.0. The SMILES string of the molecule is [NH3+]Cc1ccc(-c2nc3ccnc(C(=O)NCCO)c3cc2-c2ccccc2)cc1. The minimum Gasteiger partial charge on any atom is -0.395 e. The van der Waals surface area contributed by atoms with Gasteiger partial charge in [-0.05, 0) is 17.7 Å². The van der Waals surface area contributed by atoms with Crippen molar-refractivity contribution < 1.29 is 15.6 Å². The van der Waals surface area contributed by atoms with Gasteiger partial charge in [-0.25, -0.2) is 4.98 Å². The second-order valence-corrected chi connectivity index (χ2v) is 6.90. The molecular weight excluding hydrogens is 376 g/mol. The monoisotopic (exact) mass is 399 g/mol. The quantitative estimate of drug-likeness (QED) is 0.463. The molecule has 0 saturated carbocycles. The van der Waals surface area contributed by atoms with Crippen LogP contribution in [-0.2, 0) is 6.54 Å². The van der Waals surface area contributed by atoms with Crippen LogP contribution in [-0.4, -0.2) is 34.1 Å². The van der Waals surface area contributed by atoms with Crippen molar-refractivity contribution in [3.63, 3.8) is 0 Å². The molecule has 0 atom stereocenters. The molecule has 2 heterocycles. The summed E-state index contributed by atoms with van der Waals surface area (Å²) < 4.78 is 0. The van der Waals surface area contributed by atoms with Gasteiger partial charge >= 0.3 is 0 Å². The molecule has 150 valence electrons. The van der Waals surface area contributed by atoms with E-state index in [-0.39, 0.29) is 19.1 Å². The van der Waals surface area contributed by atoms with Crippen molar-refractivity contribution >= 4 is 16.8 Å². The zero-order valence-electron chi connectivity index (χ0n) is 16.5. The Labute approximate surface area is 174 Å². The molecule has 0 saturated heterocycles. The molecule has 5 N–H and O–H groups in total. The van der Waals surface area contributed by atoms with Crippen LogP contribution in [0.1, 0.15) is 16.1 Å². The van der Waals surface area contributed by atoms with Gasteiger partial charge in [-0.3, -0.25) is 9.78 Å². The third-order valence-electron chi connectivity index (χ3n) is 4.96. The number of aliphatic hydroxyl groups is 1. The number of hydrogen-bond acceptors (Lipinski definition) is 4. The maximum atomic E-state index is 12.6. The molecule has 0 unspecified atom stereocenters. The van der Waals surface area contributed by atoms with Crippen LogP contribution >= 0.6 is 0 Å². The lowest BCUT2D eigenvalue weighted by atomic mass is 9.96. The summed E-state index contributed by atoms with van der Waals surface area (Å²) in [5.74, 6) is -0.331. The molecule has 0 radical (unpaired) electrons. The summed E-state index contributed by atoms with van der Waals surface area (Å²) in [4.78, 5) is 21.8. The highest BCUT2D eigenvalue weighted by atomic mass is 16.3. The first kappa shape index (κ1) is 19.7. The number of aliphatic hydroxyl groups excluding tert-OH is 1. The highest BCUT2D eigenvalue weighted by Crippen LogP contribution is 2.34. The van der Waals surface area contributed by atoms with Gasteiger partial charge in [0, 0.05) is 34.8 Å². The second-order valence-electron chi connectivity index (χ2n) is 6.90. The van der Waals surface area contributed by atoms with Crippen molar-refractivity contribution in [2.75, 3.05) is 13.2 Å². The Morgan fingerprint density at radius 1 is 1.00 bits per heavy atom. The molecule has 1 amide bonds. The number of benzene rings is 2. The number of pyridine rings is 2. The zero-order valence-corrected chi connectivity index (χ0v) is 16.5. The number of amides is 1. The van der Waals surface area contributed by atoms with E-state index in [4.69, 9.17) is 10.1 Å². The Kier molecular flexibility index (Phi) is 5.79. The standard InChI is InChI=1S/C24H22N4O2/c25-15-16-6-8-18(9-7-16)22-19(17-4-2-1-3-5-17)14-20-21(28-22)10-11-26-23(20)24(30)27-12-13-29/h1-11,14,29H,12-13,15,25H2,(H,27,30)/p+1. The molecule has 6 heteroatoms. The fourth-order valence-corrected chi connectivity index (χ4v) is 3.42. The molecule has 0 aliphatic rings. The third kappa shape index (κ3) is 3.91. The first-order chi connectivity index (χ1) is 14.7. The fraction of sp³-hybridized carbons (Fsp3) is 0.125. The summed E-state index contributed by atoms with van der Waals surface area (Å²) in [5, 5.41) is 12.4. The van der Waals surface area contributed by atoms with E-state index in [1.807, 2.05) is 36.4 Å². The number of nitrogens with zero attached hydrogens (tertiary/aromatic N) is 2. The first-order valence-electron chi connectivity index (χ1n) is 9.84. The van der Waals surface area contributed by atoms with Crippen molar-refractivity contribution in [2.45, 2.75) is 6.54 Å². The molecule has 2 aromatic carbocycles. The maximum Gasteiger partial charge on any atom is 0.270 e. The van der Waals surface area contributed by atoms with Gasteiger partial charge in [0.25, 0.3) is 5.91 Å². The Morgan fingerprint density at radius 2 is 1.77 bits per heavy atom. The predicted molar refractivity (Wildman–Crippen MR) is 116 cm³/mol. The largest absolute Gasteiger partial charge is 0.395 e. The number of carbonyl (C=O) groups excluding carboxylic acids is 1. The molecule has 2 aromatic heterocycles. The lowest BCUT2D eigenvalue weighted by Gasteiger charge is -2.13. The number of hydrogen-bond donors (Lipinski definition) is 3. The van der Waals surface area contributed by atoms with Gasteiger partial charge < -0.3 is 16.2 Å². The molecule has 30 heavy (non-hydrogen) atoms. The number of carbonyl (C=O) groups is 1. The lowest BCUT2D eigenvalue weighted by Crippen LogP contribution is -2.47. The molecule has 0 bridgehead atoms. The fourth-order valence-electron chi connectivity index (χ4n) is 3.42. The van der Waals surface area contributed by atoms with Gasteiger partial charge in [0.15, 0.2) is 0 Å². The number of aromatic nitrogens is 2. The van der Waals surface area contributed by atoms with Gasteiger partial charge in [0.05, 0.1) is 24.4 Å². The van der Waals surface area contributed by atoms with Gasteiger partial charge in [-0.15, -0.1) is 0 Å². The Morgan fingerprint density at radius 3 is 2.47 bits per heavy atom. The van der Waals surface area contributed by atoms with E-state index in [1.165, 1.54) is 0 Å². The second kappa shape index (κ2) is 8.82. The summed E-state index contributed by atoms with van der Waals surface area (Å²) in [6.07, 6.45) is 1.58. The molecular formula is C24H23N4O2+. The van der Waals surface area contributed by atoms with Crippen molar-refractivity contribution in [1.29, 1.82) is 0 Å². The van der Waals surface area contributed by atoms with Crippen molar-refractivity contribution in [3.8, 4) is 22.4 Å². The number of fused-ring (bicyclic) bond motifs is 1. The van der Waals surface area contributed by atoms with Crippen LogP contribution in [0.15, 0.2) is 72.9 Å². The molecule has 0 fully saturated rings. The Balaban J connectivity index is 1.93. The number of quaternary nitrogens is 1. The smallest absolute Gasteiger partial charge is 0.270 e. The normalized spacial score (nSPS) is 10.9. The highest BCUT2D eigenvalue weighted by molar-refractivity contribution is 6.06. The summed E-state index contributed by atoms with van der Waals surface area (Å²) >= 11 is 0. The molecule has 0 aliphatic carbocycles. The minimum absolute atomic E-state index is 0.128. The molecule has 0 aliphatic heterocycles. The lowest BCUT2D eigenvalue weighted by molar-refractivity contribution is -0.386. The van der Waals surface area contributed by atoms with Crippen LogP contribution in [0.2, 0.25) is 0 Å². The molecule has 6 nitrogen and oxygen atoms in total. The van der Waals surface area contributed by atoms with Gasteiger partial charge in [0.2, 0.25) is 0 Å². The Bertz CT molecular complexity index is 1180. The number of nitrogens with one attached hydrogen (secondary N) is 1. The van der Waals surface area contributed by atoms with Crippen molar-refractivity contribution in [3.05, 3.63) is 84.2 Å². The highest BCUT2D eigenvalue weighted by Gasteiger charge is 2.17. The minimum atomic E-state index is -0.331. The van der Waals surface area contributed by atoms with Crippen LogP contribution in [0.5, 0.6) is 0 Å². The van der Waals surface area contributed by atoms with E-state index >= 15 is 0 Å². The van der Waals surface area contributed by atoms with E-state index in [0.29, 0.717) is 16.6 Å². The van der Waals surface area contributed by atoms with Crippen LogP contribution < -0.4 is 11.1 Å². The Hall–Kier alpha value is -3.61. The topological polar surface area (TPSA) is 103 Å². The molecule has 4 rings (SSSR count). The summed E-state index contributed by atoms with van der Waals surface area (Å²) in [7, 11) is 0. The van der Waals surface area contributed by atoms with Crippen molar-refractivity contribution in [1.82, 2.24) is 15.3 Å². The number of rotatable bonds is 6. The van der Waals surface area contributed by atoms with Crippen LogP contribution in [0.3, 0.4) is 0 Å². The van der Waals surface area contributed by atoms with E-state index in [1.54, 1.807) is 12.3 Å². The van der Waals surface area contributed by atoms with Crippen LogP contribution in [0.25, 0.3) is 33.3 Å². The first-order valence-corrected chi connectivity index (χ1v) is 9.84. The van der Waals surface area contributed by atoms with Crippen LogP contribution in [0, 0.1) is 0 Å². The van der Waals surface area contributed by atoms with E-state index in [2.05, 4.69) is 40.3 Å². The van der Waals surface area contributed by atoms with E-state index in [0.717, 1.165) is 34.5 Å². The van der Waals surface area contributed by atoms with Crippen molar-refractivity contribution in [2.24, 2.45) is 0 Å². The summed E-state index contributed by atoms with van der Waals surface area (Å²) in [5.41, 5.74) is 9.86. The van der Waals surface area contributed by atoms with E-state index < -0.39 is 0 Å². The van der Waals surface area contributed by atoms with E-state index in [9.17, 15) is 4.79 Å². The average molecular weight is 399 g/mol. The average Bonchev–Trinajstić information content (AvgIpc) is 2.82.